The number of anilines is 2. The number of rotatable bonds is 5. The summed E-state index contributed by atoms with van der Waals surface area (Å²) in [5, 5.41) is 5.74. The molecule has 0 atom stereocenters. The van der Waals surface area contributed by atoms with E-state index in [0.29, 0.717) is 69.7 Å². The largest absolute Gasteiger partial charge is 0.339 e. The zero-order valence-electron chi connectivity index (χ0n) is 19.1. The van der Waals surface area contributed by atoms with E-state index in [4.69, 9.17) is 0 Å². The highest BCUT2D eigenvalue weighted by molar-refractivity contribution is 7.14. The van der Waals surface area contributed by atoms with Crippen LogP contribution in [-0.2, 0) is 9.59 Å². The molecule has 10 heteroatoms. The first kappa shape index (κ1) is 23.2. The molecule has 1 aromatic carbocycles. The van der Waals surface area contributed by atoms with Crippen LogP contribution in [0.3, 0.4) is 0 Å². The standard InChI is InChI=1S/C23H30N6O3S/c1-17-4-3-5-19(14-17)24-23-25-20(16-33-23)22(32)29-8-6-26(7-9-29)15-21(31)28-12-10-27(11-13-28)18(2)30/h3-5,14,16H,6-13,15H2,1-2H3,(H,24,25). The molecular weight excluding hydrogens is 440 g/mol. The lowest BCUT2D eigenvalue weighted by atomic mass is 10.2. The quantitative estimate of drug-likeness (QED) is 0.715. The summed E-state index contributed by atoms with van der Waals surface area (Å²) in [5.74, 6) is 0.0697. The maximum atomic E-state index is 12.9. The summed E-state index contributed by atoms with van der Waals surface area (Å²) >= 11 is 1.41. The molecule has 176 valence electrons. The highest BCUT2D eigenvalue weighted by Gasteiger charge is 2.27. The van der Waals surface area contributed by atoms with Gasteiger partial charge in [0.25, 0.3) is 5.91 Å². The van der Waals surface area contributed by atoms with Crippen molar-refractivity contribution in [3.05, 3.63) is 40.9 Å². The van der Waals surface area contributed by atoms with Crippen LogP contribution in [0.25, 0.3) is 0 Å². The predicted octanol–water partition coefficient (Wildman–Crippen LogP) is 1.64. The molecule has 2 aromatic rings. The number of aromatic nitrogens is 1. The van der Waals surface area contributed by atoms with Crippen LogP contribution in [-0.4, -0.2) is 101 Å². The normalized spacial score (nSPS) is 17.2. The molecule has 0 spiro atoms. The topological polar surface area (TPSA) is 89.1 Å². The molecule has 2 aliphatic rings. The third-order valence-electron chi connectivity index (χ3n) is 6.09. The number of carbonyl (C=O) groups excluding carboxylic acids is 3. The molecule has 2 aliphatic heterocycles. The first-order valence-electron chi connectivity index (χ1n) is 11.2. The Morgan fingerprint density at radius 2 is 1.64 bits per heavy atom. The molecule has 0 radical (unpaired) electrons. The van der Waals surface area contributed by atoms with Gasteiger partial charge in [-0.15, -0.1) is 11.3 Å². The van der Waals surface area contributed by atoms with E-state index >= 15 is 0 Å². The summed E-state index contributed by atoms with van der Waals surface area (Å²) < 4.78 is 0. The fourth-order valence-electron chi connectivity index (χ4n) is 4.11. The van der Waals surface area contributed by atoms with Gasteiger partial charge in [0.2, 0.25) is 11.8 Å². The molecule has 2 fully saturated rings. The number of carbonyl (C=O) groups is 3. The molecule has 1 N–H and O–H groups in total. The summed E-state index contributed by atoms with van der Waals surface area (Å²) in [6.07, 6.45) is 0. The molecule has 0 bridgehead atoms. The van der Waals surface area contributed by atoms with Crippen molar-refractivity contribution in [2.45, 2.75) is 13.8 Å². The van der Waals surface area contributed by atoms with Crippen molar-refractivity contribution in [2.24, 2.45) is 0 Å². The summed E-state index contributed by atoms with van der Waals surface area (Å²) in [5.41, 5.74) is 2.55. The number of hydrogen-bond donors (Lipinski definition) is 1. The number of thiazole rings is 1. The van der Waals surface area contributed by atoms with Crippen LogP contribution in [0.2, 0.25) is 0 Å². The molecule has 3 amide bonds. The summed E-state index contributed by atoms with van der Waals surface area (Å²) in [6.45, 7) is 8.75. The number of hydrogen-bond acceptors (Lipinski definition) is 7. The fourth-order valence-corrected chi connectivity index (χ4v) is 4.81. The van der Waals surface area contributed by atoms with Gasteiger partial charge in [0, 0.05) is 70.3 Å². The van der Waals surface area contributed by atoms with Crippen molar-refractivity contribution in [2.75, 3.05) is 64.2 Å². The smallest absolute Gasteiger partial charge is 0.273 e. The minimum absolute atomic E-state index is 0.0565. The van der Waals surface area contributed by atoms with Gasteiger partial charge in [-0.1, -0.05) is 12.1 Å². The van der Waals surface area contributed by atoms with E-state index in [1.54, 1.807) is 22.1 Å². The Balaban J connectivity index is 1.23. The van der Waals surface area contributed by atoms with Gasteiger partial charge in [-0.3, -0.25) is 19.3 Å². The minimum atomic E-state index is -0.0742. The molecule has 0 unspecified atom stereocenters. The fraction of sp³-hybridized carbons (Fsp3) is 0.478. The van der Waals surface area contributed by atoms with Gasteiger partial charge in [0.1, 0.15) is 5.69 Å². The van der Waals surface area contributed by atoms with Gasteiger partial charge >= 0.3 is 0 Å². The minimum Gasteiger partial charge on any atom is -0.339 e. The molecule has 0 aliphatic carbocycles. The molecule has 9 nitrogen and oxygen atoms in total. The van der Waals surface area contributed by atoms with Crippen molar-refractivity contribution in [1.29, 1.82) is 0 Å². The van der Waals surface area contributed by atoms with Gasteiger partial charge in [-0.05, 0) is 24.6 Å². The van der Waals surface area contributed by atoms with Crippen LogP contribution in [0.5, 0.6) is 0 Å². The van der Waals surface area contributed by atoms with Crippen LogP contribution in [0.15, 0.2) is 29.6 Å². The summed E-state index contributed by atoms with van der Waals surface area (Å²) in [7, 11) is 0. The Kier molecular flexibility index (Phi) is 7.24. The van der Waals surface area contributed by atoms with E-state index in [1.807, 2.05) is 36.1 Å². The Morgan fingerprint density at radius 3 is 2.30 bits per heavy atom. The lowest BCUT2D eigenvalue weighted by Gasteiger charge is -2.37. The van der Waals surface area contributed by atoms with Crippen molar-refractivity contribution >= 4 is 39.9 Å². The van der Waals surface area contributed by atoms with Crippen molar-refractivity contribution < 1.29 is 14.4 Å². The summed E-state index contributed by atoms with van der Waals surface area (Å²) in [6, 6.07) is 8.02. The lowest BCUT2D eigenvalue weighted by molar-refractivity contribution is -0.139. The van der Waals surface area contributed by atoms with Crippen LogP contribution in [0, 0.1) is 6.92 Å². The Morgan fingerprint density at radius 1 is 0.970 bits per heavy atom. The first-order valence-corrected chi connectivity index (χ1v) is 12.1. The molecule has 1 aromatic heterocycles. The monoisotopic (exact) mass is 470 g/mol. The second-order valence-electron chi connectivity index (χ2n) is 8.49. The Labute approximate surface area is 198 Å². The van der Waals surface area contributed by atoms with Crippen molar-refractivity contribution in [3.8, 4) is 0 Å². The van der Waals surface area contributed by atoms with Gasteiger partial charge in [-0.25, -0.2) is 4.98 Å². The average Bonchev–Trinajstić information content (AvgIpc) is 3.27. The van der Waals surface area contributed by atoms with E-state index in [1.165, 1.54) is 11.3 Å². The third kappa shape index (κ3) is 5.88. The number of amides is 3. The van der Waals surface area contributed by atoms with Crippen molar-refractivity contribution in [1.82, 2.24) is 24.6 Å². The van der Waals surface area contributed by atoms with Gasteiger partial charge < -0.3 is 20.0 Å². The highest BCUT2D eigenvalue weighted by atomic mass is 32.1. The maximum absolute atomic E-state index is 12.9. The Hall–Kier alpha value is -2.98. The zero-order valence-corrected chi connectivity index (χ0v) is 19.9. The van der Waals surface area contributed by atoms with Gasteiger partial charge in [-0.2, -0.15) is 0 Å². The van der Waals surface area contributed by atoms with E-state index in [-0.39, 0.29) is 17.7 Å². The Bertz CT molecular complexity index is 1010. The third-order valence-corrected chi connectivity index (χ3v) is 6.85. The first-order chi connectivity index (χ1) is 15.9. The average molecular weight is 471 g/mol. The highest BCUT2D eigenvalue weighted by Crippen LogP contribution is 2.22. The molecule has 4 rings (SSSR count). The van der Waals surface area contributed by atoms with E-state index in [2.05, 4.69) is 15.2 Å². The summed E-state index contributed by atoms with van der Waals surface area (Å²) in [4.78, 5) is 49.0. The SMILES string of the molecule is CC(=O)N1CCN(C(=O)CN2CCN(C(=O)c3csc(Nc4cccc(C)c4)n3)CC2)CC1. The van der Waals surface area contributed by atoms with E-state index in [9.17, 15) is 14.4 Å². The molecule has 33 heavy (non-hydrogen) atoms. The molecule has 0 saturated carbocycles. The van der Waals surface area contributed by atoms with E-state index < -0.39 is 0 Å². The predicted molar refractivity (Wildman–Crippen MR) is 128 cm³/mol. The number of piperazine rings is 2. The van der Waals surface area contributed by atoms with Gasteiger partial charge in [0.05, 0.1) is 6.54 Å². The number of benzene rings is 1. The maximum Gasteiger partial charge on any atom is 0.273 e. The second kappa shape index (κ2) is 10.3. The lowest BCUT2D eigenvalue weighted by Crippen LogP contribution is -2.55. The zero-order chi connectivity index (χ0) is 23.4. The molecular formula is C23H30N6O3S. The van der Waals surface area contributed by atoms with Crippen LogP contribution >= 0.6 is 11.3 Å². The van der Waals surface area contributed by atoms with Gasteiger partial charge in [0.15, 0.2) is 5.13 Å². The van der Waals surface area contributed by atoms with Crippen LogP contribution < -0.4 is 5.32 Å². The molecule has 3 heterocycles. The number of aryl methyl sites for hydroxylation is 1. The van der Waals surface area contributed by atoms with Crippen LogP contribution in [0.1, 0.15) is 23.0 Å². The molecule has 2 saturated heterocycles. The second-order valence-corrected chi connectivity index (χ2v) is 9.35. The number of nitrogens with one attached hydrogen (secondary N) is 1. The number of nitrogens with zero attached hydrogens (tertiary/aromatic N) is 5. The van der Waals surface area contributed by atoms with Crippen LogP contribution in [0.4, 0.5) is 10.8 Å². The van der Waals surface area contributed by atoms with E-state index in [0.717, 1.165) is 11.3 Å². The van der Waals surface area contributed by atoms with Crippen molar-refractivity contribution in [3.63, 3.8) is 0 Å².